The number of nitro groups is 1. The van der Waals surface area contributed by atoms with Crippen LogP contribution in [0.2, 0.25) is 0 Å². The number of carboxylic acids is 1. The van der Waals surface area contributed by atoms with Crippen molar-refractivity contribution in [1.82, 2.24) is 0 Å². The summed E-state index contributed by atoms with van der Waals surface area (Å²) in [7, 11) is 0. The predicted octanol–water partition coefficient (Wildman–Crippen LogP) is 3.51. The maximum absolute atomic E-state index is 10.9. The summed E-state index contributed by atoms with van der Waals surface area (Å²) in [6, 6.07) is 11.5. The summed E-state index contributed by atoms with van der Waals surface area (Å²) >= 11 is 0. The fourth-order valence-electron chi connectivity index (χ4n) is 1.91. The van der Waals surface area contributed by atoms with Gasteiger partial charge in [0.15, 0.2) is 6.10 Å². The molecule has 0 unspecified atom stereocenters. The van der Waals surface area contributed by atoms with E-state index in [4.69, 9.17) is 9.84 Å². The monoisotopic (exact) mass is 328 g/mol. The van der Waals surface area contributed by atoms with Gasteiger partial charge in [-0.2, -0.15) is 0 Å². The molecule has 0 radical (unpaired) electrons. The molecule has 0 aliphatic rings. The molecule has 7 heteroatoms. The number of hydrogen-bond acceptors (Lipinski definition) is 5. The number of carbonyl (C=O) groups is 1. The van der Waals surface area contributed by atoms with Crippen molar-refractivity contribution in [3.05, 3.63) is 63.7 Å². The average molecular weight is 328 g/mol. The second kappa shape index (κ2) is 7.36. The first kappa shape index (κ1) is 17.1. The first-order valence-electron chi connectivity index (χ1n) is 7.15. The van der Waals surface area contributed by atoms with Gasteiger partial charge in [-0.3, -0.25) is 15.1 Å². The Balaban J connectivity index is 2.11. The minimum atomic E-state index is -1.04. The lowest BCUT2D eigenvalue weighted by Crippen LogP contribution is -2.22. The first-order valence-corrected chi connectivity index (χ1v) is 7.15. The number of hydrogen-bond donors (Lipinski definition) is 1. The summed E-state index contributed by atoms with van der Waals surface area (Å²) < 4.78 is 5.23. The summed E-state index contributed by atoms with van der Waals surface area (Å²) in [5.74, 6) is -0.602. The number of ether oxygens (including phenoxy) is 1. The molecule has 0 saturated carbocycles. The summed E-state index contributed by atoms with van der Waals surface area (Å²) in [5, 5.41) is 19.7. The SMILES string of the molecule is Cc1ccc(N=Cc2ccc(O[C@@H](C)C(=O)O)cc2)cc1[N+](=O)[O-]. The zero-order valence-electron chi connectivity index (χ0n) is 13.2. The number of nitrogens with zero attached hydrogens (tertiary/aromatic N) is 2. The highest BCUT2D eigenvalue weighted by molar-refractivity contribution is 5.82. The van der Waals surface area contributed by atoms with E-state index >= 15 is 0 Å². The standard InChI is InChI=1S/C17H16N2O5/c1-11-3-6-14(9-16(11)19(22)23)18-10-13-4-7-15(8-5-13)24-12(2)17(20)21/h3-10,12H,1-2H3,(H,20,21)/t12-/m0/s1. The Morgan fingerprint density at radius 3 is 2.54 bits per heavy atom. The van der Waals surface area contributed by atoms with E-state index in [1.807, 2.05) is 0 Å². The molecule has 0 fully saturated rings. The van der Waals surface area contributed by atoms with E-state index in [1.165, 1.54) is 13.0 Å². The second-order valence-electron chi connectivity index (χ2n) is 5.15. The number of benzene rings is 2. The third-order valence-corrected chi connectivity index (χ3v) is 3.29. The number of aliphatic imine (C=N–C) groups is 1. The van der Waals surface area contributed by atoms with Gasteiger partial charge in [0.1, 0.15) is 5.75 Å². The molecule has 0 aliphatic heterocycles. The van der Waals surface area contributed by atoms with Gasteiger partial charge in [-0.25, -0.2) is 4.79 Å². The van der Waals surface area contributed by atoms with Crippen LogP contribution in [0.4, 0.5) is 11.4 Å². The number of aliphatic carboxylic acids is 1. The highest BCUT2D eigenvalue weighted by Crippen LogP contribution is 2.24. The Morgan fingerprint density at radius 2 is 1.96 bits per heavy atom. The molecule has 2 aromatic carbocycles. The summed E-state index contributed by atoms with van der Waals surface area (Å²) in [6.07, 6.45) is 0.635. The number of nitro benzene ring substituents is 1. The van der Waals surface area contributed by atoms with Gasteiger partial charge in [-0.15, -0.1) is 0 Å². The molecular formula is C17H16N2O5. The van der Waals surface area contributed by atoms with Crippen LogP contribution in [0.3, 0.4) is 0 Å². The first-order chi connectivity index (χ1) is 11.4. The van der Waals surface area contributed by atoms with Gasteiger partial charge in [-0.05, 0) is 49.7 Å². The minimum Gasteiger partial charge on any atom is -0.479 e. The van der Waals surface area contributed by atoms with Crippen molar-refractivity contribution in [2.24, 2.45) is 4.99 Å². The van der Waals surface area contributed by atoms with Gasteiger partial charge in [0.25, 0.3) is 5.69 Å². The molecule has 0 saturated heterocycles. The van der Waals surface area contributed by atoms with E-state index in [0.717, 1.165) is 5.56 Å². The molecule has 0 aromatic heterocycles. The molecule has 7 nitrogen and oxygen atoms in total. The van der Waals surface area contributed by atoms with Crippen LogP contribution in [0, 0.1) is 17.0 Å². The molecule has 24 heavy (non-hydrogen) atoms. The van der Waals surface area contributed by atoms with Gasteiger partial charge < -0.3 is 9.84 Å². The molecule has 0 heterocycles. The Bertz CT molecular complexity index is 784. The average Bonchev–Trinajstić information content (AvgIpc) is 2.55. The van der Waals surface area contributed by atoms with E-state index < -0.39 is 17.0 Å². The molecule has 2 aromatic rings. The summed E-state index contributed by atoms with van der Waals surface area (Å²) in [4.78, 5) is 25.4. The zero-order chi connectivity index (χ0) is 17.7. The maximum atomic E-state index is 10.9. The van der Waals surface area contributed by atoms with Crippen molar-refractivity contribution in [2.75, 3.05) is 0 Å². The predicted molar refractivity (Wildman–Crippen MR) is 89.3 cm³/mol. The van der Waals surface area contributed by atoms with Crippen molar-refractivity contribution < 1.29 is 19.6 Å². The van der Waals surface area contributed by atoms with Crippen LogP contribution < -0.4 is 4.74 Å². The highest BCUT2D eigenvalue weighted by Gasteiger charge is 2.12. The zero-order valence-corrected chi connectivity index (χ0v) is 13.2. The van der Waals surface area contributed by atoms with Crippen LogP contribution in [0.5, 0.6) is 5.75 Å². The minimum absolute atomic E-state index is 0.0241. The lowest BCUT2D eigenvalue weighted by Gasteiger charge is -2.09. The van der Waals surface area contributed by atoms with E-state index in [-0.39, 0.29) is 5.69 Å². The fourth-order valence-corrected chi connectivity index (χ4v) is 1.91. The van der Waals surface area contributed by atoms with Crippen LogP contribution in [0.1, 0.15) is 18.1 Å². The van der Waals surface area contributed by atoms with E-state index in [2.05, 4.69) is 4.99 Å². The Kier molecular flexibility index (Phi) is 5.26. The van der Waals surface area contributed by atoms with Crippen LogP contribution >= 0.6 is 0 Å². The molecule has 0 bridgehead atoms. The molecular weight excluding hydrogens is 312 g/mol. The Labute approximate surface area is 138 Å². The normalized spacial score (nSPS) is 12.1. The van der Waals surface area contributed by atoms with Crippen LogP contribution in [0.15, 0.2) is 47.5 Å². The largest absolute Gasteiger partial charge is 0.479 e. The lowest BCUT2D eigenvalue weighted by atomic mass is 10.2. The van der Waals surface area contributed by atoms with Gasteiger partial charge in [0, 0.05) is 17.8 Å². The van der Waals surface area contributed by atoms with Gasteiger partial charge in [0.2, 0.25) is 0 Å². The van der Waals surface area contributed by atoms with E-state index in [1.54, 1.807) is 49.5 Å². The maximum Gasteiger partial charge on any atom is 0.344 e. The summed E-state index contributed by atoms with van der Waals surface area (Å²) in [6.45, 7) is 3.12. The number of carboxylic acid groups (broad SMARTS) is 1. The van der Waals surface area contributed by atoms with Crippen molar-refractivity contribution in [1.29, 1.82) is 0 Å². The highest BCUT2D eigenvalue weighted by atomic mass is 16.6. The van der Waals surface area contributed by atoms with Crippen LogP contribution in [-0.2, 0) is 4.79 Å². The molecule has 0 spiro atoms. The number of rotatable bonds is 6. The van der Waals surface area contributed by atoms with Crippen LogP contribution in [0.25, 0.3) is 0 Å². The van der Waals surface area contributed by atoms with Gasteiger partial charge >= 0.3 is 5.97 Å². The van der Waals surface area contributed by atoms with Crippen molar-refractivity contribution in [3.8, 4) is 5.75 Å². The van der Waals surface area contributed by atoms with E-state index in [0.29, 0.717) is 17.0 Å². The third-order valence-electron chi connectivity index (χ3n) is 3.29. The molecule has 2 rings (SSSR count). The lowest BCUT2D eigenvalue weighted by molar-refractivity contribution is -0.385. The second-order valence-corrected chi connectivity index (χ2v) is 5.15. The summed E-state index contributed by atoms with van der Waals surface area (Å²) in [5.41, 5.74) is 1.84. The quantitative estimate of drug-likeness (QED) is 0.496. The fraction of sp³-hybridized carbons (Fsp3) is 0.176. The van der Waals surface area contributed by atoms with Crippen molar-refractivity contribution in [3.63, 3.8) is 0 Å². The molecule has 124 valence electrons. The molecule has 1 N–H and O–H groups in total. The van der Waals surface area contributed by atoms with Gasteiger partial charge in [0.05, 0.1) is 10.6 Å². The van der Waals surface area contributed by atoms with Crippen LogP contribution in [-0.4, -0.2) is 28.3 Å². The molecule has 1 atom stereocenters. The molecule has 0 aliphatic carbocycles. The molecule has 0 amide bonds. The third kappa shape index (κ3) is 4.39. The topological polar surface area (TPSA) is 102 Å². The van der Waals surface area contributed by atoms with E-state index in [9.17, 15) is 14.9 Å². The van der Waals surface area contributed by atoms with Crippen molar-refractivity contribution >= 4 is 23.6 Å². The van der Waals surface area contributed by atoms with Gasteiger partial charge in [-0.1, -0.05) is 6.07 Å². The van der Waals surface area contributed by atoms with Crippen molar-refractivity contribution in [2.45, 2.75) is 20.0 Å². The Hall–Kier alpha value is -3.22. The number of aryl methyl sites for hydroxylation is 1. The smallest absolute Gasteiger partial charge is 0.344 e. The Morgan fingerprint density at radius 1 is 1.29 bits per heavy atom.